The predicted molar refractivity (Wildman–Crippen MR) is 89.3 cm³/mol. The first-order valence-electron chi connectivity index (χ1n) is 8.06. The Morgan fingerprint density at radius 3 is 2.39 bits per heavy atom. The van der Waals surface area contributed by atoms with Crippen molar-refractivity contribution in [2.24, 2.45) is 7.05 Å². The Hall–Kier alpha value is -2.93. The monoisotopic (exact) mass is 400 g/mol. The number of rotatable bonds is 2. The highest BCUT2D eigenvalue weighted by molar-refractivity contribution is 6.05. The van der Waals surface area contributed by atoms with Gasteiger partial charge >= 0.3 is 0 Å². The van der Waals surface area contributed by atoms with E-state index >= 15 is 0 Å². The molecule has 150 valence electrons. The molecule has 0 unspecified atom stereocenters. The Labute approximate surface area is 156 Å². The van der Waals surface area contributed by atoms with Gasteiger partial charge in [0.2, 0.25) is 11.6 Å². The highest BCUT2D eigenvalue weighted by atomic mass is 19.2. The number of anilines is 1. The Balaban J connectivity index is 1.97. The first kappa shape index (κ1) is 19.8. The van der Waals surface area contributed by atoms with Gasteiger partial charge in [0.15, 0.2) is 17.5 Å². The van der Waals surface area contributed by atoms with Crippen molar-refractivity contribution in [3.8, 4) is 0 Å². The number of hydrogen-bond donors (Lipinski definition) is 4. The topological polar surface area (TPSA) is 107 Å². The minimum atomic E-state index is -1.88. The molecule has 0 atom stereocenters. The molecule has 28 heavy (non-hydrogen) atoms. The van der Waals surface area contributed by atoms with Crippen molar-refractivity contribution in [1.82, 2.24) is 20.0 Å². The number of aryl methyl sites for hydroxylation is 1. The van der Waals surface area contributed by atoms with Gasteiger partial charge in [0.1, 0.15) is 5.69 Å². The van der Waals surface area contributed by atoms with Crippen LogP contribution in [0.5, 0.6) is 0 Å². The normalized spacial score (nSPS) is 15.8. The number of aromatic nitrogens is 1. The highest BCUT2D eigenvalue weighted by Gasteiger charge is 2.41. The Morgan fingerprint density at radius 1 is 1.21 bits per heavy atom. The van der Waals surface area contributed by atoms with E-state index in [4.69, 9.17) is 0 Å². The van der Waals surface area contributed by atoms with Crippen molar-refractivity contribution < 1.29 is 33.2 Å². The lowest BCUT2D eigenvalue weighted by atomic mass is 10.1. The van der Waals surface area contributed by atoms with E-state index in [0.717, 1.165) is 5.01 Å². The van der Waals surface area contributed by atoms with Gasteiger partial charge in [0.05, 0.1) is 16.7 Å². The van der Waals surface area contributed by atoms with Crippen LogP contribution in [-0.4, -0.2) is 38.3 Å². The summed E-state index contributed by atoms with van der Waals surface area (Å²) in [5, 5.41) is 23.7. The summed E-state index contributed by atoms with van der Waals surface area (Å²) in [6.45, 7) is 1.24. The molecule has 2 aromatic rings. The zero-order valence-corrected chi connectivity index (χ0v) is 14.8. The van der Waals surface area contributed by atoms with Crippen molar-refractivity contribution in [1.29, 1.82) is 0 Å². The van der Waals surface area contributed by atoms with Crippen LogP contribution < -0.4 is 15.8 Å². The first-order chi connectivity index (χ1) is 13.0. The molecule has 0 saturated carbocycles. The van der Waals surface area contributed by atoms with Gasteiger partial charge < -0.3 is 9.88 Å². The maximum absolute atomic E-state index is 13.4. The summed E-state index contributed by atoms with van der Waals surface area (Å²) in [6.07, 6.45) is 1.34. The summed E-state index contributed by atoms with van der Waals surface area (Å²) in [4.78, 5) is 22.4. The summed E-state index contributed by atoms with van der Waals surface area (Å²) < 4.78 is 41.1. The molecule has 3 rings (SSSR count). The van der Waals surface area contributed by atoms with Gasteiger partial charge in [-0.2, -0.15) is 10.4 Å². The van der Waals surface area contributed by atoms with Crippen LogP contribution in [0.2, 0.25) is 0 Å². The molecule has 0 aliphatic carbocycles. The number of fused-ring (bicyclic) bond motifs is 1. The van der Waals surface area contributed by atoms with Gasteiger partial charge in [0.25, 0.3) is 5.91 Å². The zero-order valence-electron chi connectivity index (χ0n) is 14.8. The van der Waals surface area contributed by atoms with Crippen LogP contribution in [0.3, 0.4) is 0 Å². The number of nitrogens with zero attached hydrogens (tertiary/aromatic N) is 3. The minimum absolute atomic E-state index is 0.0214. The molecule has 12 heteroatoms. The van der Waals surface area contributed by atoms with E-state index in [-0.39, 0.29) is 35.6 Å². The van der Waals surface area contributed by atoms with Crippen LogP contribution >= 0.6 is 0 Å². The van der Waals surface area contributed by atoms with Crippen LogP contribution in [0, 0.1) is 17.5 Å². The van der Waals surface area contributed by atoms with Crippen molar-refractivity contribution in [2.45, 2.75) is 13.3 Å². The van der Waals surface area contributed by atoms with Crippen LogP contribution in [0.4, 0.5) is 24.5 Å². The van der Waals surface area contributed by atoms with E-state index in [2.05, 4.69) is 10.9 Å². The lowest BCUT2D eigenvalue weighted by Gasteiger charge is -2.24. The van der Waals surface area contributed by atoms with Crippen LogP contribution in [-0.2, 0) is 18.3 Å². The van der Waals surface area contributed by atoms with Gasteiger partial charge in [-0.1, -0.05) is 0 Å². The lowest BCUT2D eigenvalue weighted by Crippen LogP contribution is -2.62. The largest absolute Gasteiger partial charge is 0.341 e. The third-order valence-electron chi connectivity index (χ3n) is 4.28. The van der Waals surface area contributed by atoms with E-state index in [9.17, 15) is 33.2 Å². The van der Waals surface area contributed by atoms with Crippen molar-refractivity contribution in [2.75, 3.05) is 11.9 Å². The molecule has 2 amide bonds. The number of hydrogen-bond acceptors (Lipinski definition) is 5. The third kappa shape index (κ3) is 3.45. The van der Waals surface area contributed by atoms with E-state index in [0.29, 0.717) is 12.1 Å². The number of hydrazine groups is 1. The van der Waals surface area contributed by atoms with Crippen LogP contribution in [0.25, 0.3) is 0 Å². The second-order valence-electron chi connectivity index (χ2n) is 6.28. The highest BCUT2D eigenvalue weighted by Crippen LogP contribution is 2.31. The first-order valence-corrected chi connectivity index (χ1v) is 8.06. The van der Waals surface area contributed by atoms with Gasteiger partial charge in [-0.3, -0.25) is 9.59 Å². The molecular weight excluding hydrogens is 383 g/mol. The van der Waals surface area contributed by atoms with Crippen molar-refractivity contribution >= 4 is 23.2 Å². The molecule has 4 N–H and O–H groups in total. The van der Waals surface area contributed by atoms with Crippen LogP contribution in [0.1, 0.15) is 23.0 Å². The summed E-state index contributed by atoms with van der Waals surface area (Å²) in [6, 6.07) is 1.24. The second-order valence-corrected chi connectivity index (χ2v) is 6.28. The molecule has 1 aliphatic rings. The number of halogens is 3. The molecular formula is C16H17F3N5O4+. The molecule has 1 aromatic heterocycles. The van der Waals surface area contributed by atoms with Gasteiger partial charge in [0, 0.05) is 50.3 Å². The standard InChI is InChI=1S/C16H16F3N5O4/c1-8(25)23-4-3-10-13(24(27,28)21-23)7-22(2)15(10)16(26)20-9-5-11(17)14(19)12(18)6-9/h5-7,21,27-28H,3-4H2,1-2H3/p+1. The minimum Gasteiger partial charge on any atom is -0.341 e. The zero-order chi connectivity index (χ0) is 20.8. The number of amides is 2. The molecule has 0 radical (unpaired) electrons. The molecule has 0 saturated heterocycles. The fourth-order valence-corrected chi connectivity index (χ4v) is 3.01. The van der Waals surface area contributed by atoms with Gasteiger partial charge in [-0.25, -0.2) is 18.2 Å². The average molecular weight is 400 g/mol. The van der Waals surface area contributed by atoms with E-state index in [1.165, 1.54) is 24.7 Å². The molecule has 1 aliphatic heterocycles. The number of quaternary nitrogens is 1. The van der Waals surface area contributed by atoms with Crippen molar-refractivity contribution in [3.05, 3.63) is 47.0 Å². The fraction of sp³-hybridized carbons (Fsp3) is 0.250. The molecule has 0 fully saturated rings. The summed E-state index contributed by atoms with van der Waals surface area (Å²) >= 11 is 0. The number of carbonyl (C=O) groups is 2. The Bertz CT molecular complexity index is 952. The van der Waals surface area contributed by atoms with Crippen LogP contribution in [0.15, 0.2) is 18.3 Å². The molecule has 9 nitrogen and oxygen atoms in total. The van der Waals surface area contributed by atoms with E-state index in [1.54, 1.807) is 0 Å². The van der Waals surface area contributed by atoms with Crippen molar-refractivity contribution in [3.63, 3.8) is 0 Å². The lowest BCUT2D eigenvalue weighted by molar-refractivity contribution is -0.348. The summed E-state index contributed by atoms with van der Waals surface area (Å²) in [7, 11) is 1.46. The summed E-state index contributed by atoms with van der Waals surface area (Å²) in [5.74, 6) is -5.90. The van der Waals surface area contributed by atoms with E-state index in [1.807, 2.05) is 0 Å². The van der Waals surface area contributed by atoms with E-state index < -0.39 is 34.2 Å². The molecule has 1 aromatic carbocycles. The average Bonchev–Trinajstić information content (AvgIpc) is 2.87. The maximum atomic E-state index is 13.4. The predicted octanol–water partition coefficient (Wildman–Crippen LogP) is 1.60. The molecule has 0 bridgehead atoms. The summed E-state index contributed by atoms with van der Waals surface area (Å²) in [5.41, 5.74) is 1.94. The molecule has 0 spiro atoms. The number of carbonyl (C=O) groups excluding carboxylic acids is 2. The fourth-order valence-electron chi connectivity index (χ4n) is 3.01. The second kappa shape index (κ2) is 6.91. The third-order valence-corrected chi connectivity index (χ3v) is 4.28. The number of benzene rings is 1. The Morgan fingerprint density at radius 2 is 1.82 bits per heavy atom. The van der Waals surface area contributed by atoms with Gasteiger partial charge in [-0.05, 0) is 0 Å². The van der Waals surface area contributed by atoms with Gasteiger partial charge in [-0.15, -0.1) is 0 Å². The Kier molecular flexibility index (Phi) is 4.89. The quantitative estimate of drug-likeness (QED) is 0.453. The maximum Gasteiger partial charge on any atom is 0.272 e. The SMILES string of the molecule is CC(=O)N1CCc2c(cn(C)c2C(=O)Nc2cc(F)c(F)c(F)c2)[N+](O)(O)N1. The molecule has 2 heterocycles. The number of nitrogens with one attached hydrogen (secondary N) is 2. The smallest absolute Gasteiger partial charge is 0.272 e.